The van der Waals surface area contributed by atoms with Gasteiger partial charge in [-0.05, 0) is 29.8 Å². The molecule has 0 aromatic heterocycles. The SMILES string of the molecule is O=C(NCc1ccc(F)cc1)C(=O)Nc1ccc(Cl)c([N+](=O)[O-])c1. The Hall–Kier alpha value is -3.00. The van der Waals surface area contributed by atoms with Gasteiger partial charge in [-0.3, -0.25) is 19.7 Å². The maximum atomic E-state index is 12.8. The van der Waals surface area contributed by atoms with Gasteiger partial charge in [-0.25, -0.2) is 4.39 Å². The molecule has 0 saturated heterocycles. The lowest BCUT2D eigenvalue weighted by atomic mass is 10.2. The minimum absolute atomic E-state index is 0.0350. The minimum Gasteiger partial charge on any atom is -0.344 e. The average Bonchev–Trinajstić information content (AvgIpc) is 2.55. The number of rotatable bonds is 4. The number of halogens is 2. The first kappa shape index (κ1) is 17.4. The summed E-state index contributed by atoms with van der Waals surface area (Å²) in [6.07, 6.45) is 0. The van der Waals surface area contributed by atoms with E-state index in [2.05, 4.69) is 10.6 Å². The number of amides is 2. The third-order valence-corrected chi connectivity index (χ3v) is 3.29. The van der Waals surface area contributed by atoms with E-state index in [-0.39, 0.29) is 22.9 Å². The van der Waals surface area contributed by atoms with Gasteiger partial charge in [-0.1, -0.05) is 23.7 Å². The lowest BCUT2D eigenvalue weighted by Gasteiger charge is -2.07. The van der Waals surface area contributed by atoms with E-state index in [9.17, 15) is 24.1 Å². The van der Waals surface area contributed by atoms with Gasteiger partial charge in [0.05, 0.1) is 4.92 Å². The van der Waals surface area contributed by atoms with Crippen molar-refractivity contribution in [2.45, 2.75) is 6.54 Å². The van der Waals surface area contributed by atoms with E-state index in [1.165, 1.54) is 36.4 Å². The normalized spacial score (nSPS) is 10.1. The fraction of sp³-hybridized carbons (Fsp3) is 0.0667. The van der Waals surface area contributed by atoms with E-state index in [1.807, 2.05) is 0 Å². The number of anilines is 1. The van der Waals surface area contributed by atoms with E-state index in [4.69, 9.17) is 11.6 Å². The van der Waals surface area contributed by atoms with Crippen LogP contribution in [0.15, 0.2) is 42.5 Å². The van der Waals surface area contributed by atoms with Crippen molar-refractivity contribution in [3.63, 3.8) is 0 Å². The molecule has 0 bridgehead atoms. The van der Waals surface area contributed by atoms with Gasteiger partial charge in [-0.15, -0.1) is 0 Å². The van der Waals surface area contributed by atoms with Crippen LogP contribution in [-0.2, 0) is 16.1 Å². The third kappa shape index (κ3) is 4.50. The summed E-state index contributed by atoms with van der Waals surface area (Å²) in [5.41, 5.74) is 0.286. The Balaban J connectivity index is 1.96. The van der Waals surface area contributed by atoms with Crippen LogP contribution in [-0.4, -0.2) is 16.7 Å². The molecule has 24 heavy (non-hydrogen) atoms. The van der Waals surface area contributed by atoms with Crippen molar-refractivity contribution in [1.82, 2.24) is 5.32 Å². The topological polar surface area (TPSA) is 101 Å². The van der Waals surface area contributed by atoms with Gasteiger partial charge in [0, 0.05) is 18.3 Å². The zero-order chi connectivity index (χ0) is 17.7. The van der Waals surface area contributed by atoms with Gasteiger partial charge >= 0.3 is 11.8 Å². The van der Waals surface area contributed by atoms with E-state index in [0.717, 1.165) is 6.07 Å². The maximum absolute atomic E-state index is 12.8. The second kappa shape index (κ2) is 7.51. The Morgan fingerprint density at radius 2 is 1.79 bits per heavy atom. The molecule has 0 fully saturated rings. The Kier molecular flexibility index (Phi) is 5.43. The highest BCUT2D eigenvalue weighted by atomic mass is 35.5. The number of hydrogen-bond acceptors (Lipinski definition) is 4. The highest BCUT2D eigenvalue weighted by molar-refractivity contribution is 6.39. The van der Waals surface area contributed by atoms with E-state index >= 15 is 0 Å². The van der Waals surface area contributed by atoms with Crippen LogP contribution in [0.4, 0.5) is 15.8 Å². The Morgan fingerprint density at radius 1 is 1.12 bits per heavy atom. The number of hydrogen-bond donors (Lipinski definition) is 2. The van der Waals surface area contributed by atoms with Crippen LogP contribution in [0.5, 0.6) is 0 Å². The van der Waals surface area contributed by atoms with Gasteiger partial charge in [0.1, 0.15) is 10.8 Å². The Labute approximate surface area is 140 Å². The second-order valence-corrected chi connectivity index (χ2v) is 5.09. The molecule has 0 heterocycles. The smallest absolute Gasteiger partial charge is 0.313 e. The predicted molar refractivity (Wildman–Crippen MR) is 85.0 cm³/mol. The van der Waals surface area contributed by atoms with Gasteiger partial charge in [0.25, 0.3) is 5.69 Å². The van der Waals surface area contributed by atoms with Crippen molar-refractivity contribution in [1.29, 1.82) is 0 Å². The summed E-state index contributed by atoms with van der Waals surface area (Å²) in [6, 6.07) is 9.02. The second-order valence-electron chi connectivity index (χ2n) is 4.69. The monoisotopic (exact) mass is 351 g/mol. The first-order valence-corrected chi connectivity index (χ1v) is 7.02. The average molecular weight is 352 g/mol. The molecular formula is C15H11ClFN3O4. The molecule has 0 saturated carbocycles. The van der Waals surface area contributed by atoms with Crippen LogP contribution in [0.25, 0.3) is 0 Å². The zero-order valence-corrected chi connectivity index (χ0v) is 12.8. The van der Waals surface area contributed by atoms with Crippen molar-refractivity contribution in [3.05, 3.63) is 69.0 Å². The summed E-state index contributed by atoms with van der Waals surface area (Å²) in [5, 5.41) is 15.3. The summed E-state index contributed by atoms with van der Waals surface area (Å²) in [5.74, 6) is -2.34. The number of carbonyl (C=O) groups is 2. The van der Waals surface area contributed by atoms with Crippen molar-refractivity contribution >= 4 is 34.8 Å². The van der Waals surface area contributed by atoms with Crippen molar-refractivity contribution < 1.29 is 18.9 Å². The molecule has 0 spiro atoms. The number of carbonyl (C=O) groups excluding carboxylic acids is 2. The molecule has 0 aliphatic heterocycles. The van der Waals surface area contributed by atoms with E-state index < -0.39 is 22.6 Å². The summed E-state index contributed by atoms with van der Waals surface area (Å²) in [6.45, 7) is 0.0350. The molecule has 0 unspecified atom stereocenters. The number of benzene rings is 2. The highest BCUT2D eigenvalue weighted by Gasteiger charge is 2.17. The standard InChI is InChI=1S/C15H11ClFN3O4/c16-12-6-5-11(7-13(12)20(23)24)19-15(22)14(21)18-8-9-1-3-10(17)4-2-9/h1-7H,8H2,(H,18,21)(H,19,22). The molecule has 2 rings (SSSR count). The van der Waals surface area contributed by atoms with Crippen LogP contribution in [0.2, 0.25) is 5.02 Å². The predicted octanol–water partition coefficient (Wildman–Crippen LogP) is 2.64. The van der Waals surface area contributed by atoms with E-state index in [0.29, 0.717) is 5.56 Å². The van der Waals surface area contributed by atoms with Crippen molar-refractivity contribution in [2.75, 3.05) is 5.32 Å². The highest BCUT2D eigenvalue weighted by Crippen LogP contribution is 2.27. The molecule has 0 atom stereocenters. The summed E-state index contributed by atoms with van der Waals surface area (Å²) in [7, 11) is 0. The largest absolute Gasteiger partial charge is 0.344 e. The van der Waals surface area contributed by atoms with Gasteiger partial charge in [-0.2, -0.15) is 0 Å². The molecule has 0 radical (unpaired) electrons. The number of nitro groups is 1. The molecule has 0 aliphatic rings. The number of nitro benzene ring substituents is 1. The van der Waals surface area contributed by atoms with Crippen LogP contribution < -0.4 is 10.6 Å². The van der Waals surface area contributed by atoms with Gasteiger partial charge in [0.15, 0.2) is 0 Å². The lowest BCUT2D eigenvalue weighted by molar-refractivity contribution is -0.384. The van der Waals surface area contributed by atoms with Crippen molar-refractivity contribution in [2.24, 2.45) is 0 Å². The van der Waals surface area contributed by atoms with Gasteiger partial charge < -0.3 is 10.6 Å². The molecule has 7 nitrogen and oxygen atoms in total. The van der Waals surface area contributed by atoms with Crippen LogP contribution in [0.1, 0.15) is 5.56 Å². The summed E-state index contributed by atoms with van der Waals surface area (Å²) in [4.78, 5) is 33.6. The molecule has 124 valence electrons. The summed E-state index contributed by atoms with van der Waals surface area (Å²) < 4.78 is 12.8. The molecule has 2 amide bonds. The Bertz CT molecular complexity index is 796. The van der Waals surface area contributed by atoms with Crippen LogP contribution >= 0.6 is 11.6 Å². The van der Waals surface area contributed by atoms with Crippen LogP contribution in [0, 0.1) is 15.9 Å². The first-order valence-electron chi connectivity index (χ1n) is 6.64. The lowest BCUT2D eigenvalue weighted by Crippen LogP contribution is -2.34. The third-order valence-electron chi connectivity index (χ3n) is 2.97. The van der Waals surface area contributed by atoms with E-state index in [1.54, 1.807) is 0 Å². The quantitative estimate of drug-likeness (QED) is 0.502. The summed E-state index contributed by atoms with van der Waals surface area (Å²) >= 11 is 5.66. The molecule has 0 aliphatic carbocycles. The van der Waals surface area contributed by atoms with Gasteiger partial charge in [0.2, 0.25) is 0 Å². The Morgan fingerprint density at radius 3 is 2.42 bits per heavy atom. The molecule has 9 heteroatoms. The minimum atomic E-state index is -0.992. The number of nitrogens with one attached hydrogen (secondary N) is 2. The fourth-order valence-corrected chi connectivity index (χ4v) is 1.97. The molecular weight excluding hydrogens is 341 g/mol. The molecule has 2 N–H and O–H groups in total. The molecule has 2 aromatic carbocycles. The first-order chi connectivity index (χ1) is 11.4. The maximum Gasteiger partial charge on any atom is 0.313 e. The zero-order valence-electron chi connectivity index (χ0n) is 12.1. The van der Waals surface area contributed by atoms with Crippen molar-refractivity contribution in [3.8, 4) is 0 Å². The molecule has 2 aromatic rings. The fourth-order valence-electron chi connectivity index (χ4n) is 1.78. The number of nitrogens with zero attached hydrogens (tertiary/aromatic N) is 1. The van der Waals surface area contributed by atoms with Crippen LogP contribution in [0.3, 0.4) is 0 Å².